The van der Waals surface area contributed by atoms with Gasteiger partial charge in [0.05, 0.1) is 7.11 Å². The molecule has 0 amide bonds. The molecule has 1 aromatic rings. The van der Waals surface area contributed by atoms with Gasteiger partial charge >= 0.3 is 0 Å². The van der Waals surface area contributed by atoms with Gasteiger partial charge in [-0.05, 0) is 37.0 Å². The second kappa shape index (κ2) is 5.71. The van der Waals surface area contributed by atoms with Crippen LogP contribution in [0.3, 0.4) is 0 Å². The first-order valence-electron chi connectivity index (χ1n) is 5.89. The Morgan fingerprint density at radius 1 is 1.41 bits per heavy atom. The van der Waals surface area contributed by atoms with Crippen molar-refractivity contribution < 1.29 is 9.47 Å². The number of benzene rings is 1. The number of halogens is 1. The molecule has 17 heavy (non-hydrogen) atoms. The largest absolute Gasteiger partial charge is 0.496 e. The van der Waals surface area contributed by atoms with Crippen LogP contribution in [-0.2, 0) is 4.74 Å². The van der Waals surface area contributed by atoms with Gasteiger partial charge in [-0.3, -0.25) is 0 Å². The van der Waals surface area contributed by atoms with E-state index >= 15 is 0 Å². The summed E-state index contributed by atoms with van der Waals surface area (Å²) in [4.78, 5) is 0. The first-order valence-corrected chi connectivity index (χ1v) is 6.27. The summed E-state index contributed by atoms with van der Waals surface area (Å²) in [5.41, 5.74) is 7.31. The van der Waals surface area contributed by atoms with Crippen LogP contribution in [0.2, 0.25) is 5.02 Å². The van der Waals surface area contributed by atoms with Crippen LogP contribution in [0, 0.1) is 5.92 Å². The highest BCUT2D eigenvalue weighted by Gasteiger charge is 2.24. The minimum atomic E-state index is -0.0347. The highest BCUT2D eigenvalue weighted by atomic mass is 35.5. The zero-order chi connectivity index (χ0) is 12.3. The summed E-state index contributed by atoms with van der Waals surface area (Å²) in [7, 11) is 1.66. The molecule has 3 nitrogen and oxygen atoms in total. The van der Waals surface area contributed by atoms with Crippen LogP contribution in [0.25, 0.3) is 0 Å². The normalized spacial score (nSPS) is 19.0. The summed E-state index contributed by atoms with van der Waals surface area (Å²) >= 11 is 6.02. The molecule has 0 aliphatic carbocycles. The lowest BCUT2D eigenvalue weighted by atomic mass is 9.87. The summed E-state index contributed by atoms with van der Waals surface area (Å²) in [6.45, 7) is 1.59. The van der Waals surface area contributed by atoms with E-state index in [1.807, 2.05) is 18.2 Å². The van der Waals surface area contributed by atoms with Crippen LogP contribution in [0.4, 0.5) is 0 Å². The third kappa shape index (κ3) is 2.92. The Bertz CT molecular complexity index is 378. The highest BCUT2D eigenvalue weighted by Crippen LogP contribution is 2.34. The molecule has 0 radical (unpaired) electrons. The molecule has 0 aromatic heterocycles. The second-order valence-corrected chi connectivity index (χ2v) is 4.80. The quantitative estimate of drug-likeness (QED) is 0.903. The first kappa shape index (κ1) is 12.7. The minimum absolute atomic E-state index is 0.0347. The third-order valence-corrected chi connectivity index (χ3v) is 3.56. The van der Waals surface area contributed by atoms with Gasteiger partial charge in [-0.15, -0.1) is 0 Å². The molecule has 1 aliphatic heterocycles. The smallest absolute Gasteiger partial charge is 0.123 e. The van der Waals surface area contributed by atoms with Gasteiger partial charge in [0.2, 0.25) is 0 Å². The summed E-state index contributed by atoms with van der Waals surface area (Å²) in [6, 6.07) is 5.56. The fourth-order valence-electron chi connectivity index (χ4n) is 2.29. The topological polar surface area (TPSA) is 44.5 Å². The Morgan fingerprint density at radius 2 is 2.12 bits per heavy atom. The van der Waals surface area contributed by atoms with Crippen molar-refractivity contribution in [3.63, 3.8) is 0 Å². The van der Waals surface area contributed by atoms with E-state index in [1.54, 1.807) is 7.11 Å². The SMILES string of the molecule is COc1ccc(Cl)cc1[C@H](N)C1CCOCC1. The molecule has 0 bridgehead atoms. The Kier molecular flexibility index (Phi) is 4.26. The Morgan fingerprint density at radius 3 is 2.76 bits per heavy atom. The first-order chi connectivity index (χ1) is 8.22. The maximum atomic E-state index is 6.32. The average molecular weight is 256 g/mol. The Balaban J connectivity index is 2.21. The number of hydrogen-bond donors (Lipinski definition) is 1. The molecule has 4 heteroatoms. The van der Waals surface area contributed by atoms with Crippen molar-refractivity contribution in [1.29, 1.82) is 0 Å². The molecule has 94 valence electrons. The maximum Gasteiger partial charge on any atom is 0.123 e. The average Bonchev–Trinajstić information content (AvgIpc) is 2.39. The number of hydrogen-bond acceptors (Lipinski definition) is 3. The predicted octanol–water partition coefficient (Wildman–Crippen LogP) is 2.78. The number of nitrogens with two attached hydrogens (primary N) is 1. The molecule has 1 heterocycles. The predicted molar refractivity (Wildman–Crippen MR) is 68.5 cm³/mol. The van der Waals surface area contributed by atoms with Crippen LogP contribution in [0.1, 0.15) is 24.4 Å². The van der Waals surface area contributed by atoms with Gasteiger partial charge < -0.3 is 15.2 Å². The van der Waals surface area contributed by atoms with E-state index in [9.17, 15) is 0 Å². The number of ether oxygens (including phenoxy) is 2. The highest BCUT2D eigenvalue weighted by molar-refractivity contribution is 6.30. The van der Waals surface area contributed by atoms with E-state index < -0.39 is 0 Å². The van der Waals surface area contributed by atoms with Crippen LogP contribution in [0.5, 0.6) is 5.75 Å². The van der Waals surface area contributed by atoms with Gasteiger partial charge in [0.15, 0.2) is 0 Å². The maximum absolute atomic E-state index is 6.32. The molecule has 1 atom stereocenters. The lowest BCUT2D eigenvalue weighted by Crippen LogP contribution is -2.27. The monoisotopic (exact) mass is 255 g/mol. The third-order valence-electron chi connectivity index (χ3n) is 3.32. The molecule has 1 aromatic carbocycles. The van der Waals surface area contributed by atoms with Crippen LogP contribution >= 0.6 is 11.6 Å². The van der Waals surface area contributed by atoms with Crippen molar-refractivity contribution in [2.75, 3.05) is 20.3 Å². The molecule has 0 spiro atoms. The summed E-state index contributed by atoms with van der Waals surface area (Å²) in [6.07, 6.45) is 1.99. The van der Waals surface area contributed by atoms with Crippen molar-refractivity contribution >= 4 is 11.6 Å². The molecular formula is C13H18ClNO2. The van der Waals surface area contributed by atoms with Crippen LogP contribution in [0.15, 0.2) is 18.2 Å². The fourth-order valence-corrected chi connectivity index (χ4v) is 2.48. The minimum Gasteiger partial charge on any atom is -0.496 e. The molecule has 2 N–H and O–H groups in total. The zero-order valence-electron chi connectivity index (χ0n) is 9.99. The molecule has 2 rings (SSSR count). The van der Waals surface area contributed by atoms with Crippen LogP contribution in [-0.4, -0.2) is 20.3 Å². The Hall–Kier alpha value is -0.770. The number of methoxy groups -OCH3 is 1. The zero-order valence-corrected chi connectivity index (χ0v) is 10.7. The van der Waals surface area contributed by atoms with Crippen LogP contribution < -0.4 is 10.5 Å². The van der Waals surface area contributed by atoms with E-state index in [-0.39, 0.29) is 6.04 Å². The van der Waals surface area contributed by atoms with Gasteiger partial charge in [-0.2, -0.15) is 0 Å². The molecule has 0 unspecified atom stereocenters. The van der Waals surface area contributed by atoms with Gasteiger partial charge in [0, 0.05) is 29.8 Å². The van der Waals surface area contributed by atoms with Crippen molar-refractivity contribution in [3.05, 3.63) is 28.8 Å². The Labute approximate surface area is 107 Å². The van der Waals surface area contributed by atoms with E-state index in [0.29, 0.717) is 10.9 Å². The fraction of sp³-hybridized carbons (Fsp3) is 0.538. The van der Waals surface area contributed by atoms with E-state index in [0.717, 1.165) is 37.4 Å². The van der Waals surface area contributed by atoms with Crippen molar-refractivity contribution in [1.82, 2.24) is 0 Å². The van der Waals surface area contributed by atoms with E-state index in [1.165, 1.54) is 0 Å². The van der Waals surface area contributed by atoms with E-state index in [2.05, 4.69) is 0 Å². The lowest BCUT2D eigenvalue weighted by molar-refractivity contribution is 0.0581. The van der Waals surface area contributed by atoms with Gasteiger partial charge in [0.1, 0.15) is 5.75 Å². The van der Waals surface area contributed by atoms with Crippen molar-refractivity contribution in [3.8, 4) is 5.75 Å². The van der Waals surface area contributed by atoms with E-state index in [4.69, 9.17) is 26.8 Å². The molecular weight excluding hydrogens is 238 g/mol. The van der Waals surface area contributed by atoms with Crippen molar-refractivity contribution in [2.24, 2.45) is 11.7 Å². The standard InChI is InChI=1S/C13H18ClNO2/c1-16-12-3-2-10(14)8-11(12)13(15)9-4-6-17-7-5-9/h2-3,8-9,13H,4-7,15H2,1H3/t13-/m1/s1. The summed E-state index contributed by atoms with van der Waals surface area (Å²) in [5.74, 6) is 1.25. The summed E-state index contributed by atoms with van der Waals surface area (Å²) < 4.78 is 10.7. The number of rotatable bonds is 3. The molecule has 0 saturated carbocycles. The molecule has 1 fully saturated rings. The van der Waals surface area contributed by atoms with Gasteiger partial charge in [0.25, 0.3) is 0 Å². The van der Waals surface area contributed by atoms with Gasteiger partial charge in [-0.1, -0.05) is 11.6 Å². The molecule has 1 aliphatic rings. The van der Waals surface area contributed by atoms with Gasteiger partial charge in [-0.25, -0.2) is 0 Å². The van der Waals surface area contributed by atoms with Crippen molar-refractivity contribution in [2.45, 2.75) is 18.9 Å². The molecule has 1 saturated heterocycles. The lowest BCUT2D eigenvalue weighted by Gasteiger charge is -2.28. The summed E-state index contributed by atoms with van der Waals surface area (Å²) in [5, 5.41) is 0.698. The second-order valence-electron chi connectivity index (χ2n) is 4.36.